The molecule has 1 aliphatic rings. The van der Waals surface area contributed by atoms with Gasteiger partial charge in [0.15, 0.2) is 0 Å². The molecule has 0 fully saturated rings. The smallest absolute Gasteiger partial charge is 0.206 e. The van der Waals surface area contributed by atoms with Crippen LogP contribution in [0.5, 0.6) is 0 Å². The van der Waals surface area contributed by atoms with Crippen LogP contribution in [0.3, 0.4) is 0 Å². The zero-order valence-electron chi connectivity index (χ0n) is 24.4. The third-order valence-corrected chi connectivity index (χ3v) is 12.0. The van der Waals surface area contributed by atoms with Crippen LogP contribution >= 0.6 is 23.5 Å². The molecular formula is C39H30O2S3. The van der Waals surface area contributed by atoms with Crippen molar-refractivity contribution in [3.05, 3.63) is 173 Å². The molecular weight excluding hydrogens is 597 g/mol. The highest BCUT2D eigenvalue weighted by molar-refractivity contribution is 7.99. The molecule has 0 heterocycles. The van der Waals surface area contributed by atoms with Gasteiger partial charge in [0.25, 0.3) is 0 Å². The monoisotopic (exact) mass is 626 g/mol. The highest BCUT2D eigenvalue weighted by Gasteiger charge is 2.45. The fraction of sp³-hybridized carbons (Fsp3) is 0.0769. The summed E-state index contributed by atoms with van der Waals surface area (Å²) in [5, 5.41) is 0. The number of rotatable bonds is 7. The molecule has 0 spiro atoms. The van der Waals surface area contributed by atoms with Crippen LogP contribution in [-0.4, -0.2) is 14.7 Å². The minimum atomic E-state index is -3.56. The topological polar surface area (TPSA) is 34.1 Å². The van der Waals surface area contributed by atoms with Gasteiger partial charge in [-0.05, 0) is 107 Å². The van der Waals surface area contributed by atoms with Crippen molar-refractivity contribution in [2.45, 2.75) is 36.8 Å². The molecule has 0 bridgehead atoms. The quantitative estimate of drug-likeness (QED) is 0.165. The second-order valence-corrected chi connectivity index (χ2v) is 15.0. The van der Waals surface area contributed by atoms with Crippen molar-refractivity contribution in [1.29, 1.82) is 0 Å². The molecule has 0 aromatic heterocycles. The summed E-state index contributed by atoms with van der Waals surface area (Å²) in [4.78, 5) is 3.93. The second kappa shape index (κ2) is 11.5. The van der Waals surface area contributed by atoms with Gasteiger partial charge in [-0.3, -0.25) is 0 Å². The molecule has 0 atom stereocenters. The Morgan fingerprint density at radius 3 is 1.39 bits per heavy atom. The van der Waals surface area contributed by atoms with E-state index >= 15 is 0 Å². The Morgan fingerprint density at radius 2 is 0.909 bits per heavy atom. The maximum Gasteiger partial charge on any atom is 0.206 e. The number of fused-ring (bicyclic) bond motifs is 3. The van der Waals surface area contributed by atoms with Crippen LogP contribution in [0.25, 0.3) is 11.1 Å². The van der Waals surface area contributed by atoms with Crippen molar-refractivity contribution in [3.63, 3.8) is 0 Å². The number of benzene rings is 6. The van der Waals surface area contributed by atoms with Crippen LogP contribution in [-0.2, 0) is 15.3 Å². The van der Waals surface area contributed by atoms with Crippen molar-refractivity contribution in [1.82, 2.24) is 0 Å². The fourth-order valence-corrected chi connectivity index (χ4v) is 8.80. The number of hydrogen-bond acceptors (Lipinski definition) is 4. The molecule has 216 valence electrons. The van der Waals surface area contributed by atoms with E-state index in [0.29, 0.717) is 9.79 Å². The highest BCUT2D eigenvalue weighted by atomic mass is 32.2. The van der Waals surface area contributed by atoms with Gasteiger partial charge >= 0.3 is 0 Å². The first-order valence-corrected chi connectivity index (χ1v) is 18.0. The lowest BCUT2D eigenvalue weighted by Gasteiger charge is -2.34. The van der Waals surface area contributed by atoms with Crippen LogP contribution in [0.2, 0.25) is 0 Å². The van der Waals surface area contributed by atoms with Gasteiger partial charge in [-0.25, -0.2) is 8.42 Å². The van der Waals surface area contributed by atoms with E-state index in [0.717, 1.165) is 15.4 Å². The van der Waals surface area contributed by atoms with Gasteiger partial charge in [0.2, 0.25) is 9.84 Å². The molecule has 0 amide bonds. The van der Waals surface area contributed by atoms with E-state index < -0.39 is 15.3 Å². The molecule has 0 radical (unpaired) electrons. The first-order valence-electron chi connectivity index (χ1n) is 14.5. The summed E-state index contributed by atoms with van der Waals surface area (Å²) in [7, 11) is -3.56. The van der Waals surface area contributed by atoms with Crippen molar-refractivity contribution in [2.24, 2.45) is 0 Å². The lowest BCUT2D eigenvalue weighted by molar-refractivity contribution is 0.596. The van der Waals surface area contributed by atoms with Gasteiger partial charge in [0.1, 0.15) is 0 Å². The maximum atomic E-state index is 13.1. The van der Waals surface area contributed by atoms with E-state index in [1.165, 1.54) is 38.3 Å². The van der Waals surface area contributed by atoms with E-state index in [1.54, 1.807) is 47.8 Å². The molecule has 0 saturated carbocycles. The van der Waals surface area contributed by atoms with E-state index in [4.69, 9.17) is 0 Å². The van der Waals surface area contributed by atoms with Gasteiger partial charge in [0, 0.05) is 14.7 Å². The Bertz CT molecular complexity index is 2020. The van der Waals surface area contributed by atoms with Crippen molar-refractivity contribution >= 4 is 33.4 Å². The Morgan fingerprint density at radius 1 is 0.500 bits per heavy atom. The van der Waals surface area contributed by atoms with E-state index in [-0.39, 0.29) is 0 Å². The molecule has 1 aliphatic carbocycles. The number of aryl methyl sites for hydroxylation is 1. The molecule has 0 saturated heterocycles. The summed E-state index contributed by atoms with van der Waals surface area (Å²) in [6.45, 7) is 1.95. The fourth-order valence-electron chi connectivity index (χ4n) is 6.31. The van der Waals surface area contributed by atoms with E-state index in [9.17, 15) is 8.42 Å². The average Bonchev–Trinajstić information content (AvgIpc) is 3.37. The van der Waals surface area contributed by atoms with Gasteiger partial charge < -0.3 is 0 Å². The molecule has 0 unspecified atom stereocenters. The zero-order chi connectivity index (χ0) is 30.3. The Labute approximate surface area is 268 Å². The summed E-state index contributed by atoms with van der Waals surface area (Å²) < 4.78 is 26.3. The number of hydrogen-bond donors (Lipinski definition) is 0. The van der Waals surface area contributed by atoms with Gasteiger partial charge in [-0.15, -0.1) is 11.8 Å². The Balaban J connectivity index is 1.25. The van der Waals surface area contributed by atoms with Crippen molar-refractivity contribution in [2.75, 3.05) is 6.26 Å². The average molecular weight is 627 g/mol. The summed E-state index contributed by atoms with van der Waals surface area (Å²) >= 11 is 3.38. The van der Waals surface area contributed by atoms with Crippen LogP contribution in [0.1, 0.15) is 27.8 Å². The van der Waals surface area contributed by atoms with Crippen molar-refractivity contribution < 1.29 is 8.42 Å². The first-order chi connectivity index (χ1) is 21.4. The third-order valence-electron chi connectivity index (χ3n) is 8.46. The van der Waals surface area contributed by atoms with Crippen molar-refractivity contribution in [3.8, 4) is 11.1 Å². The molecule has 5 heteroatoms. The van der Waals surface area contributed by atoms with Gasteiger partial charge in [-0.2, -0.15) is 0 Å². The largest absolute Gasteiger partial charge is 0.219 e. The molecule has 44 heavy (non-hydrogen) atoms. The van der Waals surface area contributed by atoms with Crippen LogP contribution < -0.4 is 0 Å². The predicted molar refractivity (Wildman–Crippen MR) is 183 cm³/mol. The lowest BCUT2D eigenvalue weighted by atomic mass is 9.68. The Hall–Kier alpha value is -4.03. The van der Waals surface area contributed by atoms with Crippen LogP contribution in [0.15, 0.2) is 170 Å². The van der Waals surface area contributed by atoms with Gasteiger partial charge in [-0.1, -0.05) is 102 Å². The highest BCUT2D eigenvalue weighted by Crippen LogP contribution is 2.56. The van der Waals surface area contributed by atoms with E-state index in [2.05, 4.69) is 103 Å². The molecule has 7 rings (SSSR count). The summed E-state index contributed by atoms with van der Waals surface area (Å²) in [6, 6.07) is 49.6. The summed E-state index contributed by atoms with van der Waals surface area (Å²) in [5.74, 6) is 0. The SMILES string of the molecule is CSc1ccc(C2(c3ccc(Sc4ccc(S(=O)(=O)c5ccc(C)cc5)cc4)cc3)c3ccccc3-c3ccccc32)cc1. The molecule has 0 N–H and O–H groups in total. The summed E-state index contributed by atoms with van der Waals surface area (Å²) in [5.41, 5.74) is 8.20. The van der Waals surface area contributed by atoms with Crippen LogP contribution in [0.4, 0.5) is 0 Å². The van der Waals surface area contributed by atoms with E-state index in [1.807, 2.05) is 31.2 Å². The minimum absolute atomic E-state index is 0.300. The lowest BCUT2D eigenvalue weighted by Crippen LogP contribution is -2.28. The number of sulfone groups is 1. The summed E-state index contributed by atoms with van der Waals surface area (Å²) in [6.07, 6.45) is 2.11. The number of thioether (sulfide) groups is 1. The Kier molecular flexibility index (Phi) is 7.49. The van der Waals surface area contributed by atoms with Crippen LogP contribution in [0, 0.1) is 6.92 Å². The molecule has 2 nitrogen and oxygen atoms in total. The third kappa shape index (κ3) is 4.80. The second-order valence-electron chi connectivity index (χ2n) is 11.0. The molecule has 6 aromatic carbocycles. The first kappa shape index (κ1) is 28.7. The maximum absolute atomic E-state index is 13.1. The normalized spacial score (nSPS) is 13.3. The molecule has 0 aliphatic heterocycles. The zero-order valence-corrected chi connectivity index (χ0v) is 26.8. The minimum Gasteiger partial charge on any atom is -0.219 e. The predicted octanol–water partition coefficient (Wildman–Crippen LogP) is 10.1. The standard InChI is InChI=1S/C39H30O2S3/c1-27-11-23-33(24-12-27)44(40,41)34-25-21-32(22-26-34)43-31-19-15-29(16-20-31)39(28-13-17-30(42-2)18-14-28)37-9-5-3-7-35(37)36-8-4-6-10-38(36)39/h3-26H,1-2H3. The van der Waals surface area contributed by atoms with Gasteiger partial charge in [0.05, 0.1) is 15.2 Å². The molecule has 6 aromatic rings.